The van der Waals surface area contributed by atoms with Crippen molar-refractivity contribution < 1.29 is 9.21 Å². The van der Waals surface area contributed by atoms with Gasteiger partial charge >= 0.3 is 0 Å². The molecule has 1 aliphatic rings. The lowest BCUT2D eigenvalue weighted by atomic mass is 10.0. The van der Waals surface area contributed by atoms with Crippen molar-refractivity contribution in [2.45, 2.75) is 19.0 Å². The number of carbonyl (C=O) groups is 1. The molecule has 0 fully saturated rings. The van der Waals surface area contributed by atoms with E-state index in [0.717, 1.165) is 17.7 Å². The number of nitrogens with zero attached hydrogens (tertiary/aromatic N) is 8. The van der Waals surface area contributed by atoms with Crippen molar-refractivity contribution in [3.05, 3.63) is 90.1 Å². The van der Waals surface area contributed by atoms with Crippen molar-refractivity contribution in [3.8, 4) is 11.6 Å². The number of nitrogen functional groups attached to an aromatic ring is 1. The average molecular weight is 492 g/mol. The molecule has 2 N–H and O–H groups in total. The number of hydrogen-bond donors (Lipinski definition) is 1. The summed E-state index contributed by atoms with van der Waals surface area (Å²) in [5, 5.41) is 9.70. The minimum absolute atomic E-state index is 0.0921. The molecule has 1 aliphatic heterocycles. The number of anilines is 1. The Hall–Kier alpha value is -5.06. The Balaban J connectivity index is 1.36. The summed E-state index contributed by atoms with van der Waals surface area (Å²) >= 11 is 0. The second-order valence-corrected chi connectivity index (χ2v) is 8.88. The van der Waals surface area contributed by atoms with Crippen LogP contribution in [0.2, 0.25) is 0 Å². The monoisotopic (exact) mass is 491 g/mol. The normalized spacial score (nSPS) is 14.2. The number of hydrogen-bond acceptors (Lipinski definition) is 8. The molecule has 1 atom stereocenters. The van der Waals surface area contributed by atoms with Crippen LogP contribution in [0.25, 0.3) is 28.3 Å². The largest absolute Gasteiger partial charge is 0.461 e. The quantitative estimate of drug-likeness (QED) is 0.398. The number of fused-ring (bicyclic) bond motifs is 4. The highest BCUT2D eigenvalue weighted by Crippen LogP contribution is 2.30. The molecule has 1 amide bonds. The smallest absolute Gasteiger partial charge is 0.252 e. The molecular formula is C26H21N9O2. The van der Waals surface area contributed by atoms with E-state index in [1.54, 1.807) is 35.5 Å². The fourth-order valence-corrected chi connectivity index (χ4v) is 4.87. The first kappa shape index (κ1) is 21.2. The van der Waals surface area contributed by atoms with Gasteiger partial charge in [-0.15, -0.1) is 5.10 Å². The van der Waals surface area contributed by atoms with Crippen molar-refractivity contribution >= 4 is 28.5 Å². The van der Waals surface area contributed by atoms with Gasteiger partial charge < -0.3 is 15.1 Å². The van der Waals surface area contributed by atoms with Crippen LogP contribution in [-0.4, -0.2) is 51.7 Å². The van der Waals surface area contributed by atoms with Gasteiger partial charge in [0.15, 0.2) is 23.1 Å². The van der Waals surface area contributed by atoms with Gasteiger partial charge in [0.1, 0.15) is 0 Å². The molecule has 11 nitrogen and oxygen atoms in total. The minimum atomic E-state index is -0.745. The zero-order valence-electron chi connectivity index (χ0n) is 19.6. The van der Waals surface area contributed by atoms with Crippen LogP contribution in [0.5, 0.6) is 0 Å². The Bertz CT molecular complexity index is 1760. The van der Waals surface area contributed by atoms with Crippen molar-refractivity contribution in [2.75, 3.05) is 12.3 Å². The van der Waals surface area contributed by atoms with E-state index in [0.29, 0.717) is 41.4 Å². The molecule has 11 heteroatoms. The maximum atomic E-state index is 14.1. The van der Waals surface area contributed by atoms with Crippen LogP contribution in [0.3, 0.4) is 0 Å². The average Bonchev–Trinajstić information content (AvgIpc) is 3.70. The number of amides is 1. The van der Waals surface area contributed by atoms with Gasteiger partial charge in [-0.2, -0.15) is 14.6 Å². The Morgan fingerprint density at radius 2 is 1.92 bits per heavy atom. The fraction of sp³-hybridized carbons (Fsp3) is 0.154. The van der Waals surface area contributed by atoms with E-state index in [9.17, 15) is 4.79 Å². The molecule has 0 spiro atoms. The Labute approximate surface area is 210 Å². The van der Waals surface area contributed by atoms with E-state index in [4.69, 9.17) is 10.2 Å². The van der Waals surface area contributed by atoms with Crippen molar-refractivity contribution in [3.63, 3.8) is 0 Å². The van der Waals surface area contributed by atoms with Gasteiger partial charge in [-0.3, -0.25) is 9.78 Å². The first-order chi connectivity index (χ1) is 18.2. The zero-order valence-corrected chi connectivity index (χ0v) is 19.6. The molecule has 182 valence electrons. The van der Waals surface area contributed by atoms with E-state index in [-0.39, 0.29) is 11.9 Å². The zero-order chi connectivity index (χ0) is 24.9. The number of furan rings is 1. The second kappa shape index (κ2) is 8.26. The van der Waals surface area contributed by atoms with Gasteiger partial charge in [-0.1, -0.05) is 36.4 Å². The molecule has 6 aromatic rings. The summed E-state index contributed by atoms with van der Waals surface area (Å²) in [4.78, 5) is 29.6. The molecular weight excluding hydrogens is 470 g/mol. The third-order valence-corrected chi connectivity index (χ3v) is 6.68. The molecule has 1 aromatic carbocycles. The van der Waals surface area contributed by atoms with Crippen LogP contribution in [0.1, 0.15) is 22.9 Å². The topological polar surface area (TPSA) is 133 Å². The van der Waals surface area contributed by atoms with Crippen LogP contribution >= 0.6 is 0 Å². The maximum absolute atomic E-state index is 14.1. The standard InChI is InChI=1S/C26H21N9O2/c27-26-31-24-18(23-30-22(32-35(23)26)20-9-5-13-37-20)14-29-34(24)21(17-6-2-1-3-7-17)25(36)33-12-10-16-8-4-11-28-19(16)15-33/h1-9,11,13-14,21H,10,12,15H2,(H2,27,31). The fourth-order valence-electron chi connectivity index (χ4n) is 4.87. The van der Waals surface area contributed by atoms with Gasteiger partial charge in [0, 0.05) is 12.7 Å². The maximum Gasteiger partial charge on any atom is 0.252 e. The molecule has 0 saturated heterocycles. The van der Waals surface area contributed by atoms with Crippen molar-refractivity contribution in [2.24, 2.45) is 0 Å². The van der Waals surface area contributed by atoms with Gasteiger partial charge in [-0.05, 0) is 35.7 Å². The number of nitrogens with two attached hydrogens (primary N) is 1. The van der Waals surface area contributed by atoms with Crippen LogP contribution < -0.4 is 5.73 Å². The molecule has 7 rings (SSSR count). The summed E-state index contributed by atoms with van der Waals surface area (Å²) in [6.07, 6.45) is 5.71. The number of benzene rings is 1. The summed E-state index contributed by atoms with van der Waals surface area (Å²) in [6.45, 7) is 1.03. The van der Waals surface area contributed by atoms with E-state index in [1.807, 2.05) is 41.3 Å². The lowest BCUT2D eigenvalue weighted by Crippen LogP contribution is -2.41. The summed E-state index contributed by atoms with van der Waals surface area (Å²) in [5.74, 6) is 0.935. The third kappa shape index (κ3) is 3.43. The van der Waals surface area contributed by atoms with Gasteiger partial charge in [0.2, 0.25) is 11.8 Å². The molecule has 0 saturated carbocycles. The number of pyridine rings is 1. The van der Waals surface area contributed by atoms with E-state index < -0.39 is 6.04 Å². The van der Waals surface area contributed by atoms with Crippen LogP contribution in [0, 0.1) is 0 Å². The number of rotatable bonds is 4. The number of carbonyl (C=O) groups excluding carboxylic acids is 1. The summed E-state index contributed by atoms with van der Waals surface area (Å²) in [6, 6.07) is 16.3. The highest BCUT2D eigenvalue weighted by Gasteiger charge is 2.33. The first-order valence-electron chi connectivity index (χ1n) is 11.9. The molecule has 5 aromatic heterocycles. The Morgan fingerprint density at radius 1 is 1.03 bits per heavy atom. The van der Waals surface area contributed by atoms with Crippen LogP contribution in [-0.2, 0) is 17.8 Å². The minimum Gasteiger partial charge on any atom is -0.461 e. The van der Waals surface area contributed by atoms with Gasteiger partial charge in [0.05, 0.1) is 30.1 Å². The van der Waals surface area contributed by atoms with Crippen LogP contribution in [0.15, 0.2) is 77.7 Å². The summed E-state index contributed by atoms with van der Waals surface area (Å²) in [7, 11) is 0. The highest BCUT2D eigenvalue weighted by atomic mass is 16.3. The predicted octanol–water partition coefficient (Wildman–Crippen LogP) is 2.89. The molecule has 37 heavy (non-hydrogen) atoms. The molecule has 0 aliphatic carbocycles. The second-order valence-electron chi connectivity index (χ2n) is 8.88. The van der Waals surface area contributed by atoms with Crippen molar-refractivity contribution in [1.82, 2.24) is 39.2 Å². The van der Waals surface area contributed by atoms with Gasteiger partial charge in [-0.25, -0.2) is 9.67 Å². The first-order valence-corrected chi connectivity index (χ1v) is 11.9. The summed E-state index contributed by atoms with van der Waals surface area (Å²) < 4.78 is 8.53. The van der Waals surface area contributed by atoms with E-state index in [2.05, 4.69) is 31.2 Å². The molecule has 0 bridgehead atoms. The Morgan fingerprint density at radius 3 is 2.76 bits per heavy atom. The molecule has 6 heterocycles. The molecule has 0 radical (unpaired) electrons. The third-order valence-electron chi connectivity index (χ3n) is 6.68. The SMILES string of the molecule is Nc1nc2c(cnn2C(C(=O)N2CCc3cccnc3C2)c2ccccc2)c2nc(-c3ccco3)nn12. The Kier molecular flexibility index (Phi) is 4.74. The molecule has 1 unspecified atom stereocenters. The lowest BCUT2D eigenvalue weighted by Gasteiger charge is -2.31. The van der Waals surface area contributed by atoms with E-state index >= 15 is 0 Å². The van der Waals surface area contributed by atoms with Gasteiger partial charge in [0.25, 0.3) is 5.91 Å². The van der Waals surface area contributed by atoms with Crippen molar-refractivity contribution in [1.29, 1.82) is 0 Å². The highest BCUT2D eigenvalue weighted by molar-refractivity contribution is 5.92. The lowest BCUT2D eigenvalue weighted by molar-refractivity contribution is -0.134. The predicted molar refractivity (Wildman–Crippen MR) is 134 cm³/mol. The van der Waals surface area contributed by atoms with Crippen LogP contribution in [0.4, 0.5) is 5.95 Å². The van der Waals surface area contributed by atoms with E-state index in [1.165, 1.54) is 10.1 Å². The summed E-state index contributed by atoms with van der Waals surface area (Å²) in [5.41, 5.74) is 10.1. The number of aromatic nitrogens is 7.